The monoisotopic (exact) mass is 388 g/mol. The topological polar surface area (TPSA) is 184 Å². The van der Waals surface area contributed by atoms with Gasteiger partial charge in [-0.3, -0.25) is 15.6 Å². The minimum atomic E-state index is -4.23. The number of hydrogen-bond acceptors (Lipinski definition) is 10. The summed E-state index contributed by atoms with van der Waals surface area (Å²) in [6.07, 6.45) is -0.934. The SMILES string of the molecule is CC(CC1=NC2=NC(N)=NC(N)(NCCN(C)C)C2=N1)OCP(=O)(O)O. The number of guanidine groups is 1. The van der Waals surface area contributed by atoms with Crippen molar-refractivity contribution in [3.05, 3.63) is 0 Å². The van der Waals surface area contributed by atoms with Crippen molar-refractivity contribution < 1.29 is 19.1 Å². The van der Waals surface area contributed by atoms with E-state index in [0.717, 1.165) is 6.54 Å². The summed E-state index contributed by atoms with van der Waals surface area (Å²) in [7, 11) is -0.362. The van der Waals surface area contributed by atoms with Gasteiger partial charge in [-0.05, 0) is 21.0 Å². The standard InChI is InChI=1S/C13H25N8O4P/c1-8(25-7-26(22,23)24)6-9-17-10-11(18-9)19-12(14)20-13(10,15)16-4-5-21(2)3/h8,16H,4-7,15H2,1-3H3,(H2,14,20)(H2,22,23,24). The zero-order valence-corrected chi connectivity index (χ0v) is 15.8. The number of likely N-dealkylation sites (N-methyl/N-ethyl adjacent to an activating group) is 1. The van der Waals surface area contributed by atoms with Gasteiger partial charge in [0.2, 0.25) is 11.7 Å². The summed E-state index contributed by atoms with van der Waals surface area (Å²) in [6, 6.07) is 0. The van der Waals surface area contributed by atoms with Crippen LogP contribution < -0.4 is 16.8 Å². The first-order valence-corrected chi connectivity index (χ1v) is 9.74. The van der Waals surface area contributed by atoms with E-state index in [1.54, 1.807) is 6.92 Å². The highest BCUT2D eigenvalue weighted by Crippen LogP contribution is 2.34. The van der Waals surface area contributed by atoms with Crippen LogP contribution in [0.1, 0.15) is 13.3 Å². The molecule has 0 aliphatic carbocycles. The second-order valence-electron chi connectivity index (χ2n) is 6.37. The number of aliphatic imine (C=N–C) groups is 4. The zero-order chi connectivity index (χ0) is 19.5. The molecule has 7 N–H and O–H groups in total. The normalized spacial score (nSPS) is 24.0. The van der Waals surface area contributed by atoms with Crippen molar-refractivity contribution in [1.82, 2.24) is 10.2 Å². The van der Waals surface area contributed by atoms with Crippen LogP contribution in [-0.2, 0) is 9.30 Å². The van der Waals surface area contributed by atoms with Crippen LogP contribution >= 0.6 is 7.60 Å². The average molecular weight is 388 g/mol. The van der Waals surface area contributed by atoms with Crippen molar-refractivity contribution in [3.63, 3.8) is 0 Å². The summed E-state index contributed by atoms with van der Waals surface area (Å²) >= 11 is 0. The summed E-state index contributed by atoms with van der Waals surface area (Å²) in [6.45, 7) is 2.94. The lowest BCUT2D eigenvalue weighted by Crippen LogP contribution is -2.63. The van der Waals surface area contributed by atoms with Crippen LogP contribution in [-0.4, -0.2) is 83.5 Å². The summed E-state index contributed by atoms with van der Waals surface area (Å²) in [5.41, 5.74) is 12.4. The average Bonchev–Trinajstić information content (AvgIpc) is 2.87. The Hall–Kier alpha value is -1.53. The molecule has 2 rings (SSSR count). The number of nitrogens with zero attached hydrogens (tertiary/aromatic N) is 5. The third kappa shape index (κ3) is 5.74. The Balaban J connectivity index is 2.07. The summed E-state index contributed by atoms with van der Waals surface area (Å²) in [5.74, 6) is -0.687. The fraction of sp³-hybridized carbons (Fsp3) is 0.692. The second kappa shape index (κ2) is 8.01. The Bertz CT molecular complexity index is 713. The van der Waals surface area contributed by atoms with Crippen molar-refractivity contribution in [1.29, 1.82) is 0 Å². The maximum Gasteiger partial charge on any atom is 0.350 e. The summed E-state index contributed by atoms with van der Waals surface area (Å²) < 4.78 is 16.0. The minimum Gasteiger partial charge on any atom is -0.368 e. The zero-order valence-electron chi connectivity index (χ0n) is 15.0. The first-order chi connectivity index (χ1) is 12.0. The molecule has 146 valence electrons. The van der Waals surface area contributed by atoms with E-state index < -0.39 is 25.8 Å². The Labute approximate surface area is 151 Å². The predicted octanol–water partition coefficient (Wildman–Crippen LogP) is -1.74. The molecule has 2 unspecified atom stereocenters. The van der Waals surface area contributed by atoms with E-state index in [-0.39, 0.29) is 18.2 Å². The smallest absolute Gasteiger partial charge is 0.350 e. The number of hydrogen-bond donors (Lipinski definition) is 5. The molecule has 12 nitrogen and oxygen atoms in total. The molecule has 0 saturated heterocycles. The number of nitrogens with one attached hydrogen (secondary N) is 1. The van der Waals surface area contributed by atoms with E-state index in [4.69, 9.17) is 26.0 Å². The number of fused-ring (bicyclic) bond motifs is 1. The lowest BCUT2D eigenvalue weighted by molar-refractivity contribution is 0.0934. The van der Waals surface area contributed by atoms with Gasteiger partial charge in [0.15, 0.2) is 5.84 Å². The Kier molecular flexibility index (Phi) is 6.40. The molecule has 0 aromatic rings. The van der Waals surface area contributed by atoms with Crippen molar-refractivity contribution in [2.45, 2.75) is 25.2 Å². The molecule has 0 amide bonds. The van der Waals surface area contributed by atoms with Crippen LogP contribution in [0.25, 0.3) is 0 Å². The van der Waals surface area contributed by atoms with Crippen LogP contribution in [0.5, 0.6) is 0 Å². The van der Waals surface area contributed by atoms with Gasteiger partial charge >= 0.3 is 7.60 Å². The molecule has 26 heavy (non-hydrogen) atoms. The highest BCUT2D eigenvalue weighted by molar-refractivity contribution is 7.51. The molecule has 2 aliphatic heterocycles. The molecule has 0 saturated carbocycles. The summed E-state index contributed by atoms with van der Waals surface area (Å²) in [4.78, 5) is 36.6. The molecule has 0 bridgehead atoms. The van der Waals surface area contributed by atoms with Gasteiger partial charge in [-0.15, -0.1) is 0 Å². The number of nitrogens with two attached hydrogens (primary N) is 2. The van der Waals surface area contributed by atoms with Gasteiger partial charge < -0.3 is 25.2 Å². The van der Waals surface area contributed by atoms with Gasteiger partial charge in [-0.2, -0.15) is 4.99 Å². The predicted molar refractivity (Wildman–Crippen MR) is 99.5 cm³/mol. The minimum absolute atomic E-state index is 0.00500. The maximum atomic E-state index is 10.9. The van der Waals surface area contributed by atoms with E-state index in [2.05, 4.69) is 25.3 Å². The molecule has 0 fully saturated rings. The van der Waals surface area contributed by atoms with Crippen LogP contribution in [0.3, 0.4) is 0 Å². The van der Waals surface area contributed by atoms with Crippen LogP contribution in [0.2, 0.25) is 0 Å². The molecule has 2 aliphatic rings. The second-order valence-corrected chi connectivity index (χ2v) is 7.95. The van der Waals surface area contributed by atoms with Crippen LogP contribution in [0.15, 0.2) is 20.0 Å². The molecule has 0 aromatic heterocycles. The quantitative estimate of drug-likeness (QED) is 0.228. The molecule has 2 heterocycles. The number of rotatable bonds is 9. The van der Waals surface area contributed by atoms with Gasteiger partial charge in [0.05, 0.1) is 6.10 Å². The van der Waals surface area contributed by atoms with E-state index in [1.807, 2.05) is 19.0 Å². The van der Waals surface area contributed by atoms with Gasteiger partial charge in [0.25, 0.3) is 0 Å². The van der Waals surface area contributed by atoms with Crippen molar-refractivity contribution in [2.75, 3.05) is 33.5 Å². The Morgan fingerprint density at radius 3 is 2.65 bits per heavy atom. The first kappa shape index (κ1) is 20.8. The van der Waals surface area contributed by atoms with Crippen LogP contribution in [0, 0.1) is 0 Å². The highest BCUT2D eigenvalue weighted by Gasteiger charge is 2.40. The van der Waals surface area contributed by atoms with Crippen molar-refractivity contribution >= 4 is 30.9 Å². The maximum absolute atomic E-state index is 10.9. The number of amidine groups is 2. The molecule has 0 radical (unpaired) electrons. The van der Waals surface area contributed by atoms with Crippen molar-refractivity contribution in [3.8, 4) is 0 Å². The molecular weight excluding hydrogens is 363 g/mol. The van der Waals surface area contributed by atoms with Gasteiger partial charge in [-0.25, -0.2) is 15.0 Å². The third-order valence-electron chi connectivity index (χ3n) is 3.51. The van der Waals surface area contributed by atoms with Gasteiger partial charge in [0.1, 0.15) is 17.9 Å². The van der Waals surface area contributed by atoms with E-state index >= 15 is 0 Å². The van der Waals surface area contributed by atoms with Crippen molar-refractivity contribution in [2.24, 2.45) is 31.4 Å². The largest absolute Gasteiger partial charge is 0.368 e. The molecule has 2 atom stereocenters. The number of ether oxygens (including phenoxy) is 1. The lowest BCUT2D eigenvalue weighted by Gasteiger charge is -2.29. The van der Waals surface area contributed by atoms with E-state index in [1.165, 1.54) is 0 Å². The molecule has 13 heteroatoms. The fourth-order valence-corrected chi connectivity index (χ4v) is 2.75. The third-order valence-corrected chi connectivity index (χ3v) is 4.00. The molecular formula is C13H25N8O4P. The fourth-order valence-electron chi connectivity index (χ4n) is 2.31. The van der Waals surface area contributed by atoms with Crippen LogP contribution in [0.4, 0.5) is 0 Å². The molecule has 0 spiro atoms. The van der Waals surface area contributed by atoms with Gasteiger partial charge in [-0.1, -0.05) is 0 Å². The van der Waals surface area contributed by atoms with E-state index in [9.17, 15) is 4.57 Å². The van der Waals surface area contributed by atoms with E-state index in [0.29, 0.717) is 18.1 Å². The highest BCUT2D eigenvalue weighted by atomic mass is 31.2. The lowest BCUT2D eigenvalue weighted by atomic mass is 10.1. The Morgan fingerprint density at radius 2 is 2.04 bits per heavy atom. The first-order valence-electron chi connectivity index (χ1n) is 7.94. The van der Waals surface area contributed by atoms with Gasteiger partial charge in [0, 0.05) is 19.5 Å². The Morgan fingerprint density at radius 1 is 1.35 bits per heavy atom. The summed E-state index contributed by atoms with van der Waals surface area (Å²) in [5, 5.41) is 3.10. The molecule has 0 aromatic carbocycles.